The van der Waals surface area contributed by atoms with Gasteiger partial charge in [-0.1, -0.05) is 12.1 Å². The van der Waals surface area contributed by atoms with Crippen molar-refractivity contribution in [2.45, 2.75) is 6.54 Å². The third-order valence-electron chi connectivity index (χ3n) is 3.75. The normalized spacial score (nSPS) is 10.7. The molecule has 122 valence electrons. The van der Waals surface area contributed by atoms with Crippen molar-refractivity contribution in [2.75, 3.05) is 0 Å². The maximum atomic E-state index is 12.3. The Bertz CT molecular complexity index is 1030. The molecule has 0 atom stereocenters. The van der Waals surface area contributed by atoms with E-state index in [0.717, 1.165) is 16.5 Å². The van der Waals surface area contributed by atoms with Crippen molar-refractivity contribution in [3.05, 3.63) is 72.4 Å². The van der Waals surface area contributed by atoms with E-state index in [0.29, 0.717) is 17.2 Å². The molecule has 1 amide bonds. The van der Waals surface area contributed by atoms with Gasteiger partial charge in [-0.2, -0.15) is 5.10 Å². The number of aromatic amines is 1. The Kier molecular flexibility index (Phi) is 3.88. The van der Waals surface area contributed by atoms with Gasteiger partial charge in [0.15, 0.2) is 5.82 Å². The number of aromatic nitrogens is 5. The fraction of sp³-hybridized carbons (Fsp3) is 0.0556. The van der Waals surface area contributed by atoms with Gasteiger partial charge in [-0.05, 0) is 30.3 Å². The molecule has 7 nitrogen and oxygen atoms in total. The summed E-state index contributed by atoms with van der Waals surface area (Å²) in [6.45, 7) is 0.261. The SMILES string of the molecule is O=C(NCc1nc(-c2ccncc2)n[nH]1)c1ccc2cccnc2c1. The monoisotopic (exact) mass is 330 g/mol. The summed E-state index contributed by atoms with van der Waals surface area (Å²) in [6, 6.07) is 12.9. The Balaban J connectivity index is 1.45. The maximum absolute atomic E-state index is 12.3. The second-order valence-electron chi connectivity index (χ2n) is 5.44. The number of rotatable bonds is 4. The molecule has 7 heteroatoms. The fourth-order valence-corrected chi connectivity index (χ4v) is 2.48. The van der Waals surface area contributed by atoms with Crippen LogP contribution >= 0.6 is 0 Å². The minimum absolute atomic E-state index is 0.186. The first-order valence-electron chi connectivity index (χ1n) is 7.74. The van der Waals surface area contributed by atoms with Crippen LogP contribution in [-0.2, 0) is 6.54 Å². The first kappa shape index (κ1) is 14.9. The van der Waals surface area contributed by atoms with Gasteiger partial charge in [-0.3, -0.25) is 19.9 Å². The van der Waals surface area contributed by atoms with Crippen LogP contribution in [0.3, 0.4) is 0 Å². The molecule has 0 saturated heterocycles. The van der Waals surface area contributed by atoms with Crippen molar-refractivity contribution in [2.24, 2.45) is 0 Å². The minimum atomic E-state index is -0.186. The predicted molar refractivity (Wildman–Crippen MR) is 92.5 cm³/mol. The highest BCUT2D eigenvalue weighted by atomic mass is 16.1. The Morgan fingerprint density at radius 2 is 1.96 bits per heavy atom. The summed E-state index contributed by atoms with van der Waals surface area (Å²) >= 11 is 0. The number of fused-ring (bicyclic) bond motifs is 1. The summed E-state index contributed by atoms with van der Waals surface area (Å²) in [5.74, 6) is 0.968. The molecule has 3 aromatic heterocycles. The molecular formula is C18H14N6O. The standard InChI is InChI=1S/C18H14N6O/c25-18(14-4-3-12-2-1-7-20-15(12)10-14)21-11-16-22-17(24-23-16)13-5-8-19-9-6-13/h1-10H,11H2,(H,21,25)(H,22,23,24). The third-order valence-corrected chi connectivity index (χ3v) is 3.75. The van der Waals surface area contributed by atoms with Gasteiger partial charge >= 0.3 is 0 Å². The van der Waals surface area contributed by atoms with E-state index >= 15 is 0 Å². The lowest BCUT2D eigenvalue weighted by Crippen LogP contribution is -2.23. The molecule has 0 aliphatic carbocycles. The lowest BCUT2D eigenvalue weighted by molar-refractivity contribution is 0.0950. The van der Waals surface area contributed by atoms with Crippen LogP contribution in [0.2, 0.25) is 0 Å². The average Bonchev–Trinajstić information content (AvgIpc) is 3.15. The topological polar surface area (TPSA) is 96.5 Å². The zero-order valence-corrected chi connectivity index (χ0v) is 13.2. The summed E-state index contributed by atoms with van der Waals surface area (Å²) in [6.07, 6.45) is 5.07. The van der Waals surface area contributed by atoms with Gasteiger partial charge in [0.25, 0.3) is 5.91 Å². The number of nitrogens with one attached hydrogen (secondary N) is 2. The molecule has 0 aliphatic heterocycles. The van der Waals surface area contributed by atoms with Gasteiger partial charge in [0.1, 0.15) is 5.82 Å². The van der Waals surface area contributed by atoms with Crippen molar-refractivity contribution in [3.63, 3.8) is 0 Å². The molecule has 0 radical (unpaired) electrons. The molecule has 0 saturated carbocycles. The lowest BCUT2D eigenvalue weighted by Gasteiger charge is -2.04. The largest absolute Gasteiger partial charge is 0.345 e. The molecule has 4 aromatic rings. The molecule has 0 fully saturated rings. The number of pyridine rings is 2. The highest BCUT2D eigenvalue weighted by Gasteiger charge is 2.09. The van der Waals surface area contributed by atoms with Crippen LogP contribution in [-0.4, -0.2) is 31.1 Å². The molecule has 25 heavy (non-hydrogen) atoms. The van der Waals surface area contributed by atoms with Crippen LogP contribution in [0.5, 0.6) is 0 Å². The van der Waals surface area contributed by atoms with Gasteiger partial charge in [0, 0.05) is 35.1 Å². The molecular weight excluding hydrogens is 316 g/mol. The van der Waals surface area contributed by atoms with Crippen molar-refractivity contribution in [1.29, 1.82) is 0 Å². The number of carbonyl (C=O) groups is 1. The first-order chi connectivity index (χ1) is 12.3. The highest BCUT2D eigenvalue weighted by Crippen LogP contribution is 2.14. The van der Waals surface area contributed by atoms with E-state index < -0.39 is 0 Å². The number of nitrogens with zero attached hydrogens (tertiary/aromatic N) is 4. The molecule has 3 heterocycles. The van der Waals surface area contributed by atoms with Crippen molar-refractivity contribution < 1.29 is 4.79 Å². The van der Waals surface area contributed by atoms with E-state index in [2.05, 4.69) is 30.5 Å². The van der Waals surface area contributed by atoms with E-state index in [1.165, 1.54) is 0 Å². The summed E-state index contributed by atoms with van der Waals surface area (Å²) in [4.78, 5) is 24.9. The third kappa shape index (κ3) is 3.20. The fourth-order valence-electron chi connectivity index (χ4n) is 2.48. The molecule has 4 rings (SSSR count). The van der Waals surface area contributed by atoms with Crippen LogP contribution in [0, 0.1) is 0 Å². The number of H-pyrrole nitrogens is 1. The van der Waals surface area contributed by atoms with Crippen LogP contribution in [0.1, 0.15) is 16.2 Å². The predicted octanol–water partition coefficient (Wildman–Crippen LogP) is 2.34. The summed E-state index contributed by atoms with van der Waals surface area (Å²) in [7, 11) is 0. The number of carbonyl (C=O) groups excluding carboxylic acids is 1. The number of amides is 1. The zero-order valence-electron chi connectivity index (χ0n) is 13.2. The minimum Gasteiger partial charge on any atom is -0.345 e. The molecule has 0 aliphatic rings. The molecule has 0 spiro atoms. The van der Waals surface area contributed by atoms with Crippen LogP contribution in [0.15, 0.2) is 61.1 Å². The lowest BCUT2D eigenvalue weighted by atomic mass is 10.1. The quantitative estimate of drug-likeness (QED) is 0.599. The molecule has 2 N–H and O–H groups in total. The Morgan fingerprint density at radius 1 is 1.08 bits per heavy atom. The van der Waals surface area contributed by atoms with Crippen LogP contribution in [0.25, 0.3) is 22.3 Å². The van der Waals surface area contributed by atoms with E-state index in [4.69, 9.17) is 0 Å². The summed E-state index contributed by atoms with van der Waals surface area (Å²) in [5.41, 5.74) is 2.21. The van der Waals surface area contributed by atoms with Gasteiger partial charge < -0.3 is 5.32 Å². The Hall–Kier alpha value is -3.61. The highest BCUT2D eigenvalue weighted by molar-refractivity contribution is 5.97. The van der Waals surface area contributed by atoms with Gasteiger partial charge in [0.05, 0.1) is 12.1 Å². The van der Waals surface area contributed by atoms with Gasteiger partial charge in [-0.15, -0.1) is 0 Å². The number of hydrogen-bond acceptors (Lipinski definition) is 5. The van der Waals surface area contributed by atoms with E-state index in [1.807, 2.05) is 30.3 Å². The summed E-state index contributed by atoms with van der Waals surface area (Å²) in [5, 5.41) is 10.8. The maximum Gasteiger partial charge on any atom is 0.251 e. The van der Waals surface area contributed by atoms with Gasteiger partial charge in [0.2, 0.25) is 0 Å². The van der Waals surface area contributed by atoms with E-state index in [-0.39, 0.29) is 12.5 Å². The number of hydrogen-bond donors (Lipinski definition) is 2. The Morgan fingerprint density at radius 3 is 2.84 bits per heavy atom. The van der Waals surface area contributed by atoms with Crippen LogP contribution < -0.4 is 5.32 Å². The second kappa shape index (κ2) is 6.48. The van der Waals surface area contributed by atoms with Crippen molar-refractivity contribution in [1.82, 2.24) is 30.5 Å². The van der Waals surface area contributed by atoms with Gasteiger partial charge in [-0.25, -0.2) is 4.98 Å². The number of benzene rings is 1. The molecule has 1 aromatic carbocycles. The molecule has 0 unspecified atom stereocenters. The average molecular weight is 330 g/mol. The van der Waals surface area contributed by atoms with E-state index in [1.54, 1.807) is 30.7 Å². The first-order valence-corrected chi connectivity index (χ1v) is 7.74. The molecule has 0 bridgehead atoms. The van der Waals surface area contributed by atoms with E-state index in [9.17, 15) is 4.79 Å². The second-order valence-corrected chi connectivity index (χ2v) is 5.44. The summed E-state index contributed by atoms with van der Waals surface area (Å²) < 4.78 is 0. The Labute approximate surface area is 143 Å². The van der Waals surface area contributed by atoms with Crippen LogP contribution in [0.4, 0.5) is 0 Å². The zero-order chi connectivity index (χ0) is 17.1. The smallest absolute Gasteiger partial charge is 0.251 e. The van der Waals surface area contributed by atoms with Crippen molar-refractivity contribution >= 4 is 16.8 Å². The van der Waals surface area contributed by atoms with Crippen molar-refractivity contribution in [3.8, 4) is 11.4 Å².